The number of aryl methyl sites for hydroxylation is 1. The molecule has 0 radical (unpaired) electrons. The quantitative estimate of drug-likeness (QED) is 0.817. The highest BCUT2D eigenvalue weighted by Gasteiger charge is 2.16. The zero-order valence-electron chi connectivity index (χ0n) is 13.3. The summed E-state index contributed by atoms with van der Waals surface area (Å²) in [4.78, 5) is 0. The second-order valence-corrected chi connectivity index (χ2v) is 6.44. The van der Waals surface area contributed by atoms with Crippen molar-refractivity contribution >= 4 is 0 Å². The van der Waals surface area contributed by atoms with Crippen LogP contribution in [0, 0.1) is 12.3 Å². The third kappa shape index (κ3) is 5.23. The lowest BCUT2D eigenvalue weighted by atomic mass is 9.87. The average molecular weight is 263 g/mol. The molecule has 0 aliphatic rings. The molecule has 0 aliphatic heterocycles. The Morgan fingerprint density at radius 1 is 1.26 bits per heavy atom. The van der Waals surface area contributed by atoms with Crippen molar-refractivity contribution < 1.29 is 4.74 Å². The van der Waals surface area contributed by atoms with Crippen LogP contribution in [0.1, 0.15) is 57.7 Å². The second kappa shape index (κ2) is 6.95. The summed E-state index contributed by atoms with van der Waals surface area (Å²) < 4.78 is 5.33. The van der Waals surface area contributed by atoms with Crippen LogP contribution in [-0.2, 0) is 0 Å². The molecule has 108 valence electrons. The van der Waals surface area contributed by atoms with Crippen molar-refractivity contribution in [2.45, 2.75) is 53.5 Å². The third-order valence-electron chi connectivity index (χ3n) is 3.45. The van der Waals surface area contributed by atoms with Crippen molar-refractivity contribution in [3.05, 3.63) is 29.3 Å². The molecule has 1 atom stereocenters. The second-order valence-electron chi connectivity index (χ2n) is 6.44. The van der Waals surface area contributed by atoms with Gasteiger partial charge in [-0.25, -0.2) is 0 Å². The van der Waals surface area contributed by atoms with Gasteiger partial charge in [-0.1, -0.05) is 39.8 Å². The van der Waals surface area contributed by atoms with E-state index < -0.39 is 0 Å². The van der Waals surface area contributed by atoms with Gasteiger partial charge in [0.1, 0.15) is 5.75 Å². The summed E-state index contributed by atoms with van der Waals surface area (Å²) in [7, 11) is 1.73. The Labute approximate surface area is 118 Å². The molecule has 0 fully saturated rings. The van der Waals surface area contributed by atoms with Gasteiger partial charge < -0.3 is 10.1 Å². The molecule has 0 aromatic heterocycles. The lowest BCUT2D eigenvalue weighted by molar-refractivity contribution is 0.333. The molecule has 0 amide bonds. The van der Waals surface area contributed by atoms with Crippen molar-refractivity contribution in [3.63, 3.8) is 0 Å². The Hall–Kier alpha value is -1.02. The third-order valence-corrected chi connectivity index (χ3v) is 3.45. The standard InChI is InChI=1S/C17H29NO/c1-7-18-15(10-11-17(3,4)5)14-8-9-16(19-6)13(2)12-14/h8-9,12,15,18H,7,10-11H2,1-6H3. The summed E-state index contributed by atoms with van der Waals surface area (Å²) in [6.07, 6.45) is 2.39. The van der Waals surface area contributed by atoms with Crippen LogP contribution in [0.4, 0.5) is 0 Å². The Morgan fingerprint density at radius 2 is 1.95 bits per heavy atom. The smallest absolute Gasteiger partial charge is 0.121 e. The van der Waals surface area contributed by atoms with Crippen LogP contribution in [0.3, 0.4) is 0 Å². The van der Waals surface area contributed by atoms with E-state index in [0.29, 0.717) is 11.5 Å². The van der Waals surface area contributed by atoms with Crippen LogP contribution in [-0.4, -0.2) is 13.7 Å². The minimum absolute atomic E-state index is 0.384. The van der Waals surface area contributed by atoms with E-state index >= 15 is 0 Å². The zero-order valence-corrected chi connectivity index (χ0v) is 13.3. The van der Waals surface area contributed by atoms with E-state index in [1.54, 1.807) is 7.11 Å². The molecule has 1 aromatic rings. The van der Waals surface area contributed by atoms with Gasteiger partial charge in [0.15, 0.2) is 0 Å². The van der Waals surface area contributed by atoms with Gasteiger partial charge in [0.05, 0.1) is 7.11 Å². The molecule has 1 N–H and O–H groups in total. The van der Waals surface area contributed by atoms with Crippen LogP contribution in [0.15, 0.2) is 18.2 Å². The van der Waals surface area contributed by atoms with Crippen LogP contribution >= 0.6 is 0 Å². The lowest BCUT2D eigenvalue weighted by Crippen LogP contribution is -2.22. The van der Waals surface area contributed by atoms with Crippen LogP contribution in [0.2, 0.25) is 0 Å². The van der Waals surface area contributed by atoms with E-state index in [2.05, 4.69) is 58.1 Å². The van der Waals surface area contributed by atoms with Gasteiger partial charge in [-0.2, -0.15) is 0 Å². The summed E-state index contributed by atoms with van der Waals surface area (Å²) in [6.45, 7) is 12.2. The number of hydrogen-bond acceptors (Lipinski definition) is 2. The van der Waals surface area contributed by atoms with Gasteiger partial charge in [-0.05, 0) is 48.9 Å². The highest BCUT2D eigenvalue weighted by molar-refractivity contribution is 5.37. The van der Waals surface area contributed by atoms with Gasteiger partial charge in [-0.15, -0.1) is 0 Å². The van der Waals surface area contributed by atoms with E-state index in [4.69, 9.17) is 4.74 Å². The molecule has 1 unspecified atom stereocenters. The van der Waals surface area contributed by atoms with Gasteiger partial charge in [0.2, 0.25) is 0 Å². The minimum atomic E-state index is 0.384. The molecular formula is C17H29NO. The normalized spacial score (nSPS) is 13.4. The fraction of sp³-hybridized carbons (Fsp3) is 0.647. The average Bonchev–Trinajstić information content (AvgIpc) is 2.33. The van der Waals surface area contributed by atoms with Crippen LogP contribution < -0.4 is 10.1 Å². The molecule has 1 aromatic carbocycles. The predicted octanol–water partition coefficient (Wildman–Crippen LogP) is 4.48. The Balaban J connectivity index is 2.83. The number of methoxy groups -OCH3 is 1. The molecule has 0 bridgehead atoms. The van der Waals surface area contributed by atoms with Crippen molar-refractivity contribution in [2.75, 3.05) is 13.7 Å². The van der Waals surface area contributed by atoms with E-state index in [-0.39, 0.29) is 0 Å². The van der Waals surface area contributed by atoms with E-state index in [1.165, 1.54) is 24.0 Å². The van der Waals surface area contributed by atoms with Gasteiger partial charge >= 0.3 is 0 Å². The largest absolute Gasteiger partial charge is 0.496 e. The zero-order chi connectivity index (χ0) is 14.5. The van der Waals surface area contributed by atoms with Crippen molar-refractivity contribution in [1.29, 1.82) is 0 Å². The van der Waals surface area contributed by atoms with Crippen LogP contribution in [0.25, 0.3) is 0 Å². The van der Waals surface area contributed by atoms with E-state index in [9.17, 15) is 0 Å². The maximum Gasteiger partial charge on any atom is 0.121 e. The molecule has 1 rings (SSSR count). The van der Waals surface area contributed by atoms with E-state index in [1.807, 2.05) is 0 Å². The van der Waals surface area contributed by atoms with Gasteiger partial charge in [0.25, 0.3) is 0 Å². The number of rotatable bonds is 6. The molecule has 0 heterocycles. The highest BCUT2D eigenvalue weighted by Crippen LogP contribution is 2.29. The summed E-state index contributed by atoms with van der Waals surface area (Å²) in [5.41, 5.74) is 2.96. The summed E-state index contributed by atoms with van der Waals surface area (Å²) in [5.74, 6) is 0.967. The first-order valence-corrected chi connectivity index (χ1v) is 7.25. The molecule has 2 heteroatoms. The number of nitrogens with one attached hydrogen (secondary N) is 1. The van der Waals surface area contributed by atoms with Crippen LogP contribution in [0.5, 0.6) is 5.75 Å². The van der Waals surface area contributed by atoms with Gasteiger partial charge in [-0.3, -0.25) is 0 Å². The summed E-state index contributed by atoms with van der Waals surface area (Å²) in [6, 6.07) is 6.94. The first-order valence-electron chi connectivity index (χ1n) is 7.25. The molecule has 2 nitrogen and oxygen atoms in total. The number of ether oxygens (including phenoxy) is 1. The first kappa shape index (κ1) is 16.0. The van der Waals surface area contributed by atoms with Gasteiger partial charge in [0, 0.05) is 6.04 Å². The minimum Gasteiger partial charge on any atom is -0.496 e. The topological polar surface area (TPSA) is 21.3 Å². The summed E-state index contributed by atoms with van der Waals surface area (Å²) >= 11 is 0. The first-order chi connectivity index (χ1) is 8.87. The molecule has 0 saturated heterocycles. The maximum absolute atomic E-state index is 5.33. The van der Waals surface area contributed by atoms with E-state index in [0.717, 1.165) is 12.3 Å². The van der Waals surface area contributed by atoms with Crippen molar-refractivity contribution in [3.8, 4) is 5.75 Å². The van der Waals surface area contributed by atoms with Crippen molar-refractivity contribution in [2.24, 2.45) is 5.41 Å². The molecule has 0 aliphatic carbocycles. The maximum atomic E-state index is 5.33. The SMILES string of the molecule is CCNC(CCC(C)(C)C)c1ccc(OC)c(C)c1. The Kier molecular flexibility index (Phi) is 5.86. The monoisotopic (exact) mass is 263 g/mol. The lowest BCUT2D eigenvalue weighted by Gasteiger charge is -2.24. The Bertz CT molecular complexity index is 393. The molecular weight excluding hydrogens is 234 g/mol. The van der Waals surface area contributed by atoms with Crippen molar-refractivity contribution in [1.82, 2.24) is 5.32 Å². The molecule has 19 heavy (non-hydrogen) atoms. The Morgan fingerprint density at radius 3 is 2.42 bits per heavy atom. The molecule has 0 spiro atoms. The fourth-order valence-corrected chi connectivity index (χ4v) is 2.33. The predicted molar refractivity (Wildman–Crippen MR) is 82.8 cm³/mol. The fourth-order valence-electron chi connectivity index (χ4n) is 2.33. The number of benzene rings is 1. The summed E-state index contributed by atoms with van der Waals surface area (Å²) in [5, 5.41) is 3.60. The molecule has 0 saturated carbocycles. The highest BCUT2D eigenvalue weighted by atomic mass is 16.5. The number of hydrogen-bond donors (Lipinski definition) is 1.